The highest BCUT2D eigenvalue weighted by atomic mass is 16.6. The van der Waals surface area contributed by atoms with E-state index < -0.39 is 5.60 Å². The first-order valence-electron chi connectivity index (χ1n) is 6.40. The van der Waals surface area contributed by atoms with Crippen molar-refractivity contribution in [3.8, 4) is 0 Å². The first-order chi connectivity index (χ1) is 7.78. The predicted octanol–water partition coefficient (Wildman–Crippen LogP) is 1.42. The summed E-state index contributed by atoms with van der Waals surface area (Å²) in [6, 6.07) is 0. The van der Waals surface area contributed by atoms with Gasteiger partial charge in [-0.1, -0.05) is 0 Å². The Labute approximate surface area is 104 Å². The number of carbonyl (C=O) groups excluding carboxylic acids is 1. The second-order valence-electron chi connectivity index (χ2n) is 5.93. The minimum Gasteiger partial charge on any atom is -0.460 e. The SMILES string of the molecule is CC(O)C1CCN(CCC(=O)OC(C)(C)C)C1. The maximum Gasteiger partial charge on any atom is 0.307 e. The summed E-state index contributed by atoms with van der Waals surface area (Å²) in [5.41, 5.74) is -0.399. The lowest BCUT2D eigenvalue weighted by atomic mass is 10.0. The van der Waals surface area contributed by atoms with Crippen LogP contribution in [0.25, 0.3) is 0 Å². The molecule has 1 heterocycles. The van der Waals surface area contributed by atoms with Gasteiger partial charge in [0.25, 0.3) is 0 Å². The summed E-state index contributed by atoms with van der Waals surface area (Å²) in [4.78, 5) is 13.8. The number of esters is 1. The van der Waals surface area contributed by atoms with Crippen LogP contribution in [0, 0.1) is 5.92 Å². The van der Waals surface area contributed by atoms with Crippen LogP contribution in [0.3, 0.4) is 0 Å². The Morgan fingerprint density at radius 2 is 2.18 bits per heavy atom. The van der Waals surface area contributed by atoms with E-state index >= 15 is 0 Å². The fourth-order valence-electron chi connectivity index (χ4n) is 2.10. The number of aliphatic hydroxyl groups excluding tert-OH is 1. The van der Waals surface area contributed by atoms with E-state index in [4.69, 9.17) is 4.74 Å². The molecule has 0 radical (unpaired) electrons. The van der Waals surface area contributed by atoms with Crippen molar-refractivity contribution in [1.82, 2.24) is 4.90 Å². The molecule has 1 aliphatic heterocycles. The molecule has 0 aliphatic carbocycles. The Morgan fingerprint density at radius 3 is 2.65 bits per heavy atom. The maximum atomic E-state index is 11.5. The van der Waals surface area contributed by atoms with Crippen LogP contribution in [0.1, 0.15) is 40.5 Å². The van der Waals surface area contributed by atoms with Crippen molar-refractivity contribution in [2.75, 3.05) is 19.6 Å². The normalized spacial score (nSPS) is 23.7. The molecule has 1 aliphatic rings. The lowest BCUT2D eigenvalue weighted by molar-refractivity contribution is -0.155. The van der Waals surface area contributed by atoms with Crippen LogP contribution < -0.4 is 0 Å². The van der Waals surface area contributed by atoms with Gasteiger partial charge in [0.2, 0.25) is 0 Å². The average Bonchev–Trinajstić information content (AvgIpc) is 2.60. The molecule has 0 bridgehead atoms. The van der Waals surface area contributed by atoms with Gasteiger partial charge in [0.15, 0.2) is 0 Å². The molecule has 0 spiro atoms. The summed E-state index contributed by atoms with van der Waals surface area (Å²) in [5, 5.41) is 9.48. The average molecular weight is 243 g/mol. The molecule has 1 N–H and O–H groups in total. The summed E-state index contributed by atoms with van der Waals surface area (Å²) in [5.74, 6) is 0.214. The third-order valence-electron chi connectivity index (χ3n) is 3.04. The van der Waals surface area contributed by atoms with Gasteiger partial charge in [0.05, 0.1) is 12.5 Å². The Kier molecular flexibility index (Phi) is 4.95. The van der Waals surface area contributed by atoms with Gasteiger partial charge in [-0.05, 0) is 46.6 Å². The molecule has 100 valence electrons. The summed E-state index contributed by atoms with van der Waals surface area (Å²) < 4.78 is 5.26. The monoisotopic (exact) mass is 243 g/mol. The van der Waals surface area contributed by atoms with Crippen LogP contribution in [0.4, 0.5) is 0 Å². The number of carbonyl (C=O) groups is 1. The van der Waals surface area contributed by atoms with Crippen molar-refractivity contribution in [3.05, 3.63) is 0 Å². The standard InChI is InChI=1S/C13H25NO3/c1-10(15)11-5-7-14(9-11)8-6-12(16)17-13(2,3)4/h10-11,15H,5-9H2,1-4H3. The van der Waals surface area contributed by atoms with E-state index in [1.54, 1.807) is 0 Å². The Bertz CT molecular complexity index is 258. The molecule has 1 fully saturated rings. The van der Waals surface area contributed by atoms with Crippen molar-refractivity contribution < 1.29 is 14.6 Å². The van der Waals surface area contributed by atoms with Gasteiger partial charge in [-0.3, -0.25) is 4.79 Å². The predicted molar refractivity (Wildman–Crippen MR) is 66.7 cm³/mol. The molecule has 0 saturated carbocycles. The Balaban J connectivity index is 2.22. The van der Waals surface area contributed by atoms with Crippen LogP contribution in [-0.4, -0.2) is 47.3 Å². The van der Waals surface area contributed by atoms with E-state index in [2.05, 4.69) is 4.90 Å². The molecule has 17 heavy (non-hydrogen) atoms. The second kappa shape index (κ2) is 5.83. The number of likely N-dealkylation sites (tertiary alicyclic amines) is 1. The van der Waals surface area contributed by atoms with E-state index in [0.717, 1.165) is 26.1 Å². The summed E-state index contributed by atoms with van der Waals surface area (Å²) >= 11 is 0. The Hall–Kier alpha value is -0.610. The van der Waals surface area contributed by atoms with Gasteiger partial charge in [0.1, 0.15) is 5.60 Å². The summed E-state index contributed by atoms with van der Waals surface area (Å²) in [6.45, 7) is 10.1. The highest BCUT2D eigenvalue weighted by molar-refractivity contribution is 5.70. The Morgan fingerprint density at radius 1 is 1.53 bits per heavy atom. The zero-order valence-electron chi connectivity index (χ0n) is 11.4. The number of nitrogens with zero attached hydrogens (tertiary/aromatic N) is 1. The van der Waals surface area contributed by atoms with Crippen LogP contribution in [0.2, 0.25) is 0 Å². The van der Waals surface area contributed by atoms with Crippen molar-refractivity contribution >= 4 is 5.97 Å². The minimum atomic E-state index is -0.399. The van der Waals surface area contributed by atoms with Gasteiger partial charge in [0, 0.05) is 13.1 Å². The molecule has 0 aromatic rings. The molecular formula is C13H25NO3. The van der Waals surface area contributed by atoms with Crippen LogP contribution >= 0.6 is 0 Å². The fraction of sp³-hybridized carbons (Fsp3) is 0.923. The number of ether oxygens (including phenoxy) is 1. The number of aliphatic hydroxyl groups is 1. The number of rotatable bonds is 4. The lowest BCUT2D eigenvalue weighted by Gasteiger charge is -2.21. The van der Waals surface area contributed by atoms with Gasteiger partial charge >= 0.3 is 5.97 Å². The highest BCUT2D eigenvalue weighted by Crippen LogP contribution is 2.19. The third-order valence-corrected chi connectivity index (χ3v) is 3.04. The summed E-state index contributed by atoms with van der Waals surface area (Å²) in [7, 11) is 0. The van der Waals surface area contributed by atoms with Gasteiger partial charge in [-0.2, -0.15) is 0 Å². The first kappa shape index (κ1) is 14.5. The van der Waals surface area contributed by atoms with Crippen molar-refractivity contribution in [2.45, 2.75) is 52.2 Å². The topological polar surface area (TPSA) is 49.8 Å². The zero-order valence-corrected chi connectivity index (χ0v) is 11.4. The zero-order chi connectivity index (χ0) is 13.1. The molecule has 0 aromatic carbocycles. The largest absolute Gasteiger partial charge is 0.460 e. The van der Waals surface area contributed by atoms with Gasteiger partial charge in [-0.15, -0.1) is 0 Å². The van der Waals surface area contributed by atoms with E-state index in [1.165, 1.54) is 0 Å². The number of hydrogen-bond donors (Lipinski definition) is 1. The highest BCUT2D eigenvalue weighted by Gasteiger charge is 2.26. The molecule has 0 amide bonds. The van der Waals surface area contributed by atoms with Crippen molar-refractivity contribution in [3.63, 3.8) is 0 Å². The van der Waals surface area contributed by atoms with E-state index in [0.29, 0.717) is 12.3 Å². The molecule has 1 rings (SSSR count). The third kappa shape index (κ3) is 5.50. The second-order valence-corrected chi connectivity index (χ2v) is 5.93. The molecule has 1 saturated heterocycles. The molecule has 2 unspecified atom stereocenters. The smallest absolute Gasteiger partial charge is 0.307 e. The van der Waals surface area contributed by atoms with Crippen LogP contribution in [0.5, 0.6) is 0 Å². The van der Waals surface area contributed by atoms with Gasteiger partial charge in [-0.25, -0.2) is 0 Å². The quantitative estimate of drug-likeness (QED) is 0.759. The minimum absolute atomic E-state index is 0.141. The van der Waals surface area contributed by atoms with E-state index in [1.807, 2.05) is 27.7 Å². The molecule has 4 nitrogen and oxygen atoms in total. The fourth-order valence-corrected chi connectivity index (χ4v) is 2.10. The van der Waals surface area contributed by atoms with Crippen molar-refractivity contribution in [1.29, 1.82) is 0 Å². The molecular weight excluding hydrogens is 218 g/mol. The molecule has 4 heteroatoms. The number of hydrogen-bond acceptors (Lipinski definition) is 4. The molecule has 2 atom stereocenters. The summed E-state index contributed by atoms with van der Waals surface area (Å²) in [6.07, 6.45) is 1.21. The lowest BCUT2D eigenvalue weighted by Crippen LogP contribution is -2.29. The van der Waals surface area contributed by atoms with Crippen LogP contribution in [0.15, 0.2) is 0 Å². The van der Waals surface area contributed by atoms with E-state index in [-0.39, 0.29) is 12.1 Å². The van der Waals surface area contributed by atoms with E-state index in [9.17, 15) is 9.90 Å². The molecule has 0 aromatic heterocycles. The van der Waals surface area contributed by atoms with Crippen LogP contribution in [-0.2, 0) is 9.53 Å². The maximum absolute atomic E-state index is 11.5. The van der Waals surface area contributed by atoms with Gasteiger partial charge < -0.3 is 14.7 Å². The first-order valence-corrected chi connectivity index (χ1v) is 6.40. The van der Waals surface area contributed by atoms with Crippen molar-refractivity contribution in [2.24, 2.45) is 5.92 Å².